The Kier molecular flexibility index (Phi) is 17.2. The summed E-state index contributed by atoms with van der Waals surface area (Å²) < 4.78 is 0. The second kappa shape index (κ2) is 15.6. The Morgan fingerprint density at radius 1 is 1.40 bits per heavy atom. The van der Waals surface area contributed by atoms with Crippen molar-refractivity contribution in [1.82, 2.24) is 5.32 Å². The van der Waals surface area contributed by atoms with Gasteiger partial charge in [0.1, 0.15) is 0 Å². The van der Waals surface area contributed by atoms with Crippen LogP contribution in [0.2, 0.25) is 0 Å². The van der Waals surface area contributed by atoms with Crippen molar-refractivity contribution in [1.29, 1.82) is 0 Å². The van der Waals surface area contributed by atoms with Gasteiger partial charge in [0.2, 0.25) is 5.91 Å². The molecule has 1 saturated heterocycles. The molecule has 1 fully saturated rings. The minimum Gasteiger partial charge on any atom is -0.356 e. The van der Waals surface area contributed by atoms with Crippen LogP contribution >= 0.6 is 0 Å². The van der Waals surface area contributed by atoms with Crippen molar-refractivity contribution in [2.75, 3.05) is 13.6 Å². The maximum atomic E-state index is 10.1. The quantitative estimate of drug-likeness (QED) is 0.706. The molecule has 3 heteroatoms. The molecule has 3 nitrogen and oxygen atoms in total. The van der Waals surface area contributed by atoms with Crippen LogP contribution in [0.1, 0.15) is 52.9 Å². The first-order valence-corrected chi connectivity index (χ1v) is 5.90. The van der Waals surface area contributed by atoms with Crippen LogP contribution in [0.4, 0.5) is 0 Å². The zero-order chi connectivity index (χ0) is 11.9. The fraction of sp³-hybridized carbons (Fsp3) is 0.833. The molecule has 1 amide bonds. The number of nitrogens with one attached hydrogen (secondary N) is 1. The van der Waals surface area contributed by atoms with Crippen LogP contribution in [0.3, 0.4) is 0 Å². The average Bonchev–Trinajstić information content (AvgIpc) is 2.68. The summed E-state index contributed by atoms with van der Waals surface area (Å²) in [6.45, 7) is 7.28. The Hall–Kier alpha value is -0.860. The van der Waals surface area contributed by atoms with Gasteiger partial charge >= 0.3 is 0 Å². The van der Waals surface area contributed by atoms with E-state index in [-0.39, 0.29) is 5.91 Å². The minimum atomic E-state index is 0.204. The van der Waals surface area contributed by atoms with Gasteiger partial charge in [-0.1, -0.05) is 33.6 Å². The summed E-state index contributed by atoms with van der Waals surface area (Å²) in [7, 11) is 1.80. The van der Waals surface area contributed by atoms with Crippen molar-refractivity contribution in [2.24, 2.45) is 4.99 Å². The standard InChI is InChI=1S/C5H11N.C4H7NO.C3H8/c1-3-4-5-6-2;6-4-2-1-3-5-4;1-3-2/h5H,3-4H2,1-2H3;1-3H2,(H,5,6);3H2,1-2H3. The molecule has 0 unspecified atom stereocenters. The van der Waals surface area contributed by atoms with E-state index < -0.39 is 0 Å². The van der Waals surface area contributed by atoms with E-state index in [9.17, 15) is 4.79 Å². The normalized spacial score (nSPS) is 13.7. The highest BCUT2D eigenvalue weighted by Gasteiger charge is 2.05. The van der Waals surface area contributed by atoms with Crippen LogP contribution in [-0.4, -0.2) is 25.7 Å². The highest BCUT2D eigenvalue weighted by atomic mass is 16.1. The largest absolute Gasteiger partial charge is 0.356 e. The van der Waals surface area contributed by atoms with Gasteiger partial charge in [-0.2, -0.15) is 0 Å². The first-order chi connectivity index (χ1) is 7.22. The molecule has 15 heavy (non-hydrogen) atoms. The van der Waals surface area contributed by atoms with Crippen molar-refractivity contribution < 1.29 is 4.79 Å². The van der Waals surface area contributed by atoms with E-state index in [1.807, 2.05) is 6.21 Å². The molecule has 1 aliphatic heterocycles. The molecular formula is C12H26N2O. The fourth-order valence-corrected chi connectivity index (χ4v) is 0.823. The predicted molar refractivity (Wildman–Crippen MR) is 67.5 cm³/mol. The van der Waals surface area contributed by atoms with Gasteiger partial charge in [-0.3, -0.25) is 4.79 Å². The van der Waals surface area contributed by atoms with Crippen LogP contribution < -0.4 is 5.32 Å². The van der Waals surface area contributed by atoms with Crippen molar-refractivity contribution in [3.63, 3.8) is 0 Å². The summed E-state index contributed by atoms with van der Waals surface area (Å²) in [5.74, 6) is 0.204. The number of hydrogen-bond acceptors (Lipinski definition) is 2. The number of nitrogens with zero attached hydrogens (tertiary/aromatic N) is 1. The minimum absolute atomic E-state index is 0.204. The lowest BCUT2D eigenvalue weighted by atomic mass is 10.4. The van der Waals surface area contributed by atoms with E-state index in [0.29, 0.717) is 0 Å². The number of hydrogen-bond donors (Lipinski definition) is 1. The third-order valence-corrected chi connectivity index (χ3v) is 1.50. The average molecular weight is 214 g/mol. The number of carbonyl (C=O) groups is 1. The summed E-state index contributed by atoms with van der Waals surface area (Å²) in [5, 5.41) is 2.68. The third kappa shape index (κ3) is 19.5. The summed E-state index contributed by atoms with van der Waals surface area (Å²) in [6, 6.07) is 0. The molecule has 1 aliphatic rings. The van der Waals surface area contributed by atoms with E-state index >= 15 is 0 Å². The van der Waals surface area contributed by atoms with Gasteiger partial charge in [0.25, 0.3) is 0 Å². The van der Waals surface area contributed by atoms with E-state index in [4.69, 9.17) is 0 Å². The van der Waals surface area contributed by atoms with Crippen molar-refractivity contribution in [3.05, 3.63) is 0 Å². The molecule has 0 aliphatic carbocycles. The Morgan fingerprint density at radius 3 is 2.13 bits per heavy atom. The molecule has 90 valence electrons. The number of aliphatic imine (C=N–C) groups is 1. The van der Waals surface area contributed by atoms with Gasteiger partial charge < -0.3 is 10.3 Å². The first-order valence-electron chi connectivity index (χ1n) is 5.90. The molecule has 0 saturated carbocycles. The van der Waals surface area contributed by atoms with E-state index in [0.717, 1.165) is 25.8 Å². The Morgan fingerprint density at radius 2 is 2.00 bits per heavy atom. The van der Waals surface area contributed by atoms with Gasteiger partial charge in [0.05, 0.1) is 0 Å². The molecule has 1 N–H and O–H groups in total. The second-order valence-electron chi connectivity index (χ2n) is 3.39. The number of rotatable bonds is 2. The maximum absolute atomic E-state index is 10.1. The smallest absolute Gasteiger partial charge is 0.220 e. The van der Waals surface area contributed by atoms with Gasteiger partial charge in [-0.15, -0.1) is 0 Å². The third-order valence-electron chi connectivity index (χ3n) is 1.50. The summed E-state index contributed by atoms with van der Waals surface area (Å²) >= 11 is 0. The molecule has 0 aromatic rings. The molecular weight excluding hydrogens is 188 g/mol. The number of carbonyl (C=O) groups excluding carboxylic acids is 1. The molecule has 0 aromatic carbocycles. The predicted octanol–water partition coefficient (Wildman–Crippen LogP) is 2.80. The molecule has 0 bridgehead atoms. The van der Waals surface area contributed by atoms with Crippen LogP contribution in [0.5, 0.6) is 0 Å². The zero-order valence-electron chi connectivity index (χ0n) is 10.7. The van der Waals surface area contributed by atoms with E-state index in [1.165, 1.54) is 12.8 Å². The lowest BCUT2D eigenvalue weighted by molar-refractivity contribution is -0.119. The van der Waals surface area contributed by atoms with Crippen molar-refractivity contribution in [3.8, 4) is 0 Å². The lowest BCUT2D eigenvalue weighted by Crippen LogP contribution is -2.12. The van der Waals surface area contributed by atoms with Gasteiger partial charge in [-0.25, -0.2) is 0 Å². The molecule has 1 rings (SSSR count). The van der Waals surface area contributed by atoms with E-state index in [1.54, 1.807) is 7.05 Å². The van der Waals surface area contributed by atoms with Gasteiger partial charge in [-0.05, 0) is 19.1 Å². The van der Waals surface area contributed by atoms with Gasteiger partial charge in [0, 0.05) is 20.0 Å². The van der Waals surface area contributed by atoms with Crippen LogP contribution in [0.15, 0.2) is 4.99 Å². The Bertz CT molecular complexity index is 148. The molecule has 0 spiro atoms. The van der Waals surface area contributed by atoms with Crippen LogP contribution in [0.25, 0.3) is 0 Å². The maximum Gasteiger partial charge on any atom is 0.220 e. The Labute approximate surface area is 94.4 Å². The second-order valence-corrected chi connectivity index (χ2v) is 3.39. The van der Waals surface area contributed by atoms with Crippen molar-refractivity contribution in [2.45, 2.75) is 52.9 Å². The molecule has 0 radical (unpaired) electrons. The monoisotopic (exact) mass is 214 g/mol. The highest BCUT2D eigenvalue weighted by Crippen LogP contribution is 1.93. The number of amides is 1. The van der Waals surface area contributed by atoms with E-state index in [2.05, 4.69) is 31.1 Å². The first kappa shape index (κ1) is 16.6. The number of unbranched alkanes of at least 4 members (excludes halogenated alkanes) is 1. The van der Waals surface area contributed by atoms with Crippen molar-refractivity contribution >= 4 is 12.1 Å². The van der Waals surface area contributed by atoms with Gasteiger partial charge in [0.15, 0.2) is 0 Å². The Balaban J connectivity index is 0. The molecule has 0 atom stereocenters. The summed E-state index contributed by atoms with van der Waals surface area (Å²) in [6.07, 6.45) is 7.27. The summed E-state index contributed by atoms with van der Waals surface area (Å²) in [5.41, 5.74) is 0. The summed E-state index contributed by atoms with van der Waals surface area (Å²) in [4.78, 5) is 13.9. The fourth-order valence-electron chi connectivity index (χ4n) is 0.823. The molecule has 1 heterocycles. The van der Waals surface area contributed by atoms with Crippen LogP contribution in [0, 0.1) is 0 Å². The SMILES string of the molecule is CCC.CCCC=NC.O=C1CCCN1. The lowest BCUT2D eigenvalue weighted by Gasteiger charge is -1.80. The van der Waals surface area contributed by atoms with Crippen LogP contribution in [-0.2, 0) is 4.79 Å². The topological polar surface area (TPSA) is 41.5 Å². The zero-order valence-corrected chi connectivity index (χ0v) is 10.7. The highest BCUT2D eigenvalue weighted by molar-refractivity contribution is 5.77. The molecule has 0 aromatic heterocycles.